The minimum atomic E-state index is -0.355. The number of aliphatic imine (C=N–C) groups is 1. The van der Waals surface area contributed by atoms with Crippen molar-refractivity contribution in [3.05, 3.63) is 132 Å². The van der Waals surface area contributed by atoms with Crippen molar-refractivity contribution in [2.45, 2.75) is 12.3 Å². The van der Waals surface area contributed by atoms with E-state index in [0.29, 0.717) is 47.5 Å². The predicted molar refractivity (Wildman–Crippen MR) is 191 cm³/mol. The van der Waals surface area contributed by atoms with E-state index in [0.717, 1.165) is 50.0 Å². The number of para-hydroxylation sites is 3. The molecule has 8 aromatic rings. The van der Waals surface area contributed by atoms with Crippen LogP contribution in [0.5, 0.6) is 0 Å². The molecule has 242 valence electrons. The number of benzene rings is 4. The standard InChI is InChI=1S/C38H26F2N10/c39-24-7-1-3-9-26(24)45-29-12-5-11-28-32(29)21(17-18-41-28)33-22-15-16-23-34(22)50-37(47-33)42-19-43-38(50)48-36(23)49-20-44-30-13-6-14-31(35(30)49)46-27-10-4-2-8-25(27)40/h1-16,18,20-21,45-46H,17,19H2,(H,42,47). The van der Waals surface area contributed by atoms with E-state index in [4.69, 9.17) is 24.9 Å². The number of rotatable bonds is 6. The van der Waals surface area contributed by atoms with Crippen LogP contribution in [0.4, 0.5) is 43.2 Å². The highest BCUT2D eigenvalue weighted by Gasteiger charge is 2.30. The maximum atomic E-state index is 14.8. The number of imidazole rings is 1. The van der Waals surface area contributed by atoms with Gasteiger partial charge in [0.1, 0.15) is 24.6 Å². The second-order valence-corrected chi connectivity index (χ2v) is 12.2. The van der Waals surface area contributed by atoms with Crippen LogP contribution < -0.4 is 21.6 Å². The maximum absolute atomic E-state index is 14.8. The number of hydrogen-bond donors (Lipinski definition) is 3. The largest absolute Gasteiger partial charge is 0.353 e. The van der Waals surface area contributed by atoms with Crippen LogP contribution in [-0.2, 0) is 0 Å². The number of nitrogens with zero attached hydrogens (tertiary/aromatic N) is 7. The van der Waals surface area contributed by atoms with Crippen molar-refractivity contribution in [1.29, 1.82) is 0 Å². The minimum Gasteiger partial charge on any atom is -0.353 e. The van der Waals surface area contributed by atoms with Crippen molar-refractivity contribution in [1.82, 2.24) is 23.9 Å². The summed E-state index contributed by atoms with van der Waals surface area (Å²) in [6, 6.07) is 28.9. The van der Waals surface area contributed by atoms with Crippen molar-refractivity contribution in [2.75, 3.05) is 22.6 Å². The van der Waals surface area contributed by atoms with Gasteiger partial charge in [-0.15, -0.1) is 0 Å². The molecule has 1 unspecified atom stereocenters. The summed E-state index contributed by atoms with van der Waals surface area (Å²) >= 11 is 0. The third-order valence-corrected chi connectivity index (χ3v) is 9.38. The first kappa shape index (κ1) is 28.3. The highest BCUT2D eigenvalue weighted by atomic mass is 19.1. The summed E-state index contributed by atoms with van der Waals surface area (Å²) in [4.78, 5) is 24.4. The van der Waals surface area contributed by atoms with Crippen LogP contribution in [0.2, 0.25) is 0 Å². The summed E-state index contributed by atoms with van der Waals surface area (Å²) in [5.74, 6) is 0.398. The van der Waals surface area contributed by atoms with Gasteiger partial charge in [0, 0.05) is 34.2 Å². The fourth-order valence-electron chi connectivity index (χ4n) is 7.19. The summed E-state index contributed by atoms with van der Waals surface area (Å²) in [6.45, 7) is 0.299. The lowest BCUT2D eigenvalue weighted by atomic mass is 9.86. The number of halogens is 2. The summed E-state index contributed by atoms with van der Waals surface area (Å²) < 4.78 is 33.4. The predicted octanol–water partition coefficient (Wildman–Crippen LogP) is 7.95. The van der Waals surface area contributed by atoms with Crippen LogP contribution in [0.1, 0.15) is 23.6 Å². The molecular formula is C38H26F2N10. The Morgan fingerprint density at radius 3 is 2.26 bits per heavy atom. The lowest BCUT2D eigenvalue weighted by Gasteiger charge is -2.26. The first-order chi connectivity index (χ1) is 24.6. The van der Waals surface area contributed by atoms with Gasteiger partial charge in [-0.25, -0.2) is 28.1 Å². The number of aromatic nitrogens is 5. The summed E-state index contributed by atoms with van der Waals surface area (Å²) in [7, 11) is 0. The van der Waals surface area contributed by atoms with E-state index >= 15 is 0 Å². The Labute approximate surface area is 282 Å². The molecule has 0 aliphatic carbocycles. The fourth-order valence-corrected chi connectivity index (χ4v) is 7.19. The van der Waals surface area contributed by atoms with E-state index in [9.17, 15) is 8.78 Å². The van der Waals surface area contributed by atoms with E-state index in [2.05, 4.69) is 22.0 Å². The quantitative estimate of drug-likeness (QED) is 0.167. The van der Waals surface area contributed by atoms with Crippen molar-refractivity contribution < 1.29 is 8.78 Å². The fraction of sp³-hybridized carbons (Fsp3) is 0.0789. The lowest BCUT2D eigenvalue weighted by molar-refractivity contribution is 0.631. The smallest absolute Gasteiger partial charge is 0.236 e. The molecule has 3 aromatic heterocycles. The summed E-state index contributed by atoms with van der Waals surface area (Å²) in [5.41, 5.74) is 7.71. The normalized spacial score (nSPS) is 14.9. The summed E-state index contributed by atoms with van der Waals surface area (Å²) in [6.07, 6.45) is 4.27. The molecule has 0 bridgehead atoms. The SMILES string of the molecule is Fc1ccccc1Nc1cccc2c1C(c1nc3n4c(nc(-n5cnc6cccc(Nc7ccccc7F)c65)c5ccc1c54)=NCN3)CC=N2. The molecule has 2 aliphatic heterocycles. The molecule has 0 radical (unpaired) electrons. The van der Waals surface area contributed by atoms with Crippen molar-refractivity contribution in [3.8, 4) is 5.82 Å². The monoisotopic (exact) mass is 660 g/mol. The maximum Gasteiger partial charge on any atom is 0.236 e. The van der Waals surface area contributed by atoms with Gasteiger partial charge in [0.15, 0.2) is 5.82 Å². The van der Waals surface area contributed by atoms with E-state index in [1.54, 1.807) is 42.7 Å². The molecule has 1 atom stereocenters. The Morgan fingerprint density at radius 2 is 1.44 bits per heavy atom. The third kappa shape index (κ3) is 4.27. The van der Waals surface area contributed by atoms with Gasteiger partial charge in [-0.1, -0.05) is 42.5 Å². The molecule has 50 heavy (non-hydrogen) atoms. The van der Waals surface area contributed by atoms with E-state index in [-0.39, 0.29) is 17.6 Å². The van der Waals surface area contributed by atoms with Crippen molar-refractivity contribution >= 4 is 67.9 Å². The Hall–Kier alpha value is -6.69. The Bertz CT molecular complexity index is 2750. The molecule has 10 rings (SSSR count). The molecule has 2 aliphatic rings. The number of fused-ring (bicyclic) bond motifs is 2. The van der Waals surface area contributed by atoms with Gasteiger partial charge in [-0.3, -0.25) is 9.56 Å². The van der Waals surface area contributed by atoms with Crippen LogP contribution in [0, 0.1) is 11.6 Å². The van der Waals surface area contributed by atoms with Crippen molar-refractivity contribution in [2.24, 2.45) is 9.98 Å². The van der Waals surface area contributed by atoms with Gasteiger partial charge in [0.05, 0.1) is 45.0 Å². The molecule has 5 aromatic carbocycles. The van der Waals surface area contributed by atoms with Gasteiger partial charge in [-0.2, -0.15) is 4.98 Å². The number of nitrogens with one attached hydrogen (secondary N) is 3. The topological polar surface area (TPSA) is 109 Å². The average molecular weight is 661 g/mol. The van der Waals surface area contributed by atoms with Gasteiger partial charge < -0.3 is 16.0 Å². The second-order valence-electron chi connectivity index (χ2n) is 12.2. The van der Waals surface area contributed by atoms with Crippen LogP contribution >= 0.6 is 0 Å². The molecule has 0 spiro atoms. The first-order valence-electron chi connectivity index (χ1n) is 16.2. The third-order valence-electron chi connectivity index (χ3n) is 9.38. The van der Waals surface area contributed by atoms with Gasteiger partial charge in [-0.05, 0) is 61.0 Å². The Balaban J connectivity index is 1.17. The number of anilines is 5. The highest BCUT2D eigenvalue weighted by Crippen LogP contribution is 2.45. The van der Waals surface area contributed by atoms with Gasteiger partial charge >= 0.3 is 0 Å². The zero-order valence-electron chi connectivity index (χ0n) is 26.3. The van der Waals surface area contributed by atoms with Crippen LogP contribution in [-0.4, -0.2) is 36.8 Å². The average Bonchev–Trinajstić information content (AvgIpc) is 3.79. The molecular weight excluding hydrogens is 634 g/mol. The first-order valence-corrected chi connectivity index (χ1v) is 16.2. The Morgan fingerprint density at radius 1 is 0.720 bits per heavy atom. The van der Waals surface area contributed by atoms with E-state index in [1.165, 1.54) is 12.1 Å². The lowest BCUT2D eigenvalue weighted by Crippen LogP contribution is -2.30. The summed E-state index contributed by atoms with van der Waals surface area (Å²) in [5, 5.41) is 11.8. The van der Waals surface area contributed by atoms with Crippen LogP contribution in [0.25, 0.3) is 33.1 Å². The van der Waals surface area contributed by atoms with E-state index in [1.807, 2.05) is 57.6 Å². The van der Waals surface area contributed by atoms with Crippen LogP contribution in [0.3, 0.4) is 0 Å². The molecule has 12 heteroatoms. The van der Waals surface area contributed by atoms with Crippen LogP contribution in [0.15, 0.2) is 113 Å². The molecule has 0 saturated carbocycles. The molecule has 0 fully saturated rings. The second kappa shape index (κ2) is 10.9. The zero-order chi connectivity index (χ0) is 33.3. The highest BCUT2D eigenvalue weighted by molar-refractivity contribution is 6.05. The molecule has 10 nitrogen and oxygen atoms in total. The number of hydrogen-bond acceptors (Lipinski definition) is 8. The van der Waals surface area contributed by atoms with Crippen molar-refractivity contribution in [3.63, 3.8) is 0 Å². The molecule has 0 saturated heterocycles. The van der Waals surface area contributed by atoms with Gasteiger partial charge in [0.25, 0.3) is 0 Å². The molecule has 5 heterocycles. The molecule has 3 N–H and O–H groups in total. The van der Waals surface area contributed by atoms with Gasteiger partial charge in [0.2, 0.25) is 11.6 Å². The van der Waals surface area contributed by atoms with E-state index < -0.39 is 0 Å². The minimum absolute atomic E-state index is 0.184. The Kier molecular flexibility index (Phi) is 6.19. The molecule has 0 amide bonds. The zero-order valence-corrected chi connectivity index (χ0v) is 26.3.